The van der Waals surface area contributed by atoms with Crippen LogP contribution in [0.25, 0.3) is 0 Å². The highest BCUT2D eigenvalue weighted by molar-refractivity contribution is 4.89. The Labute approximate surface area is 105 Å². The molecular formula is C13H27N3O. The van der Waals surface area contributed by atoms with E-state index in [1.54, 1.807) is 7.11 Å². The quantitative estimate of drug-likeness (QED) is 0.728. The zero-order valence-corrected chi connectivity index (χ0v) is 11.3. The predicted molar refractivity (Wildman–Crippen MR) is 70.4 cm³/mol. The highest BCUT2D eigenvalue weighted by atomic mass is 16.5. The summed E-state index contributed by atoms with van der Waals surface area (Å²) in [5, 5.41) is 3.28. The lowest BCUT2D eigenvalue weighted by atomic mass is 10.2. The molecule has 0 radical (unpaired) electrons. The molecule has 0 bridgehead atoms. The molecule has 2 atom stereocenters. The van der Waals surface area contributed by atoms with Crippen LogP contribution < -0.4 is 5.32 Å². The van der Waals surface area contributed by atoms with Gasteiger partial charge in [0.1, 0.15) is 0 Å². The number of ether oxygens (including phenoxy) is 1. The molecule has 2 rings (SSSR count). The van der Waals surface area contributed by atoms with Gasteiger partial charge in [-0.25, -0.2) is 0 Å². The third kappa shape index (κ3) is 3.41. The van der Waals surface area contributed by atoms with Crippen LogP contribution in [-0.4, -0.2) is 75.4 Å². The molecule has 0 aromatic rings. The van der Waals surface area contributed by atoms with Gasteiger partial charge in [-0.1, -0.05) is 0 Å². The summed E-state index contributed by atoms with van der Waals surface area (Å²) in [6, 6.07) is 1.34. The summed E-state index contributed by atoms with van der Waals surface area (Å²) >= 11 is 0. The lowest BCUT2D eigenvalue weighted by Gasteiger charge is -2.29. The van der Waals surface area contributed by atoms with Gasteiger partial charge >= 0.3 is 0 Å². The second kappa shape index (κ2) is 6.69. The third-order valence-corrected chi connectivity index (χ3v) is 4.17. The van der Waals surface area contributed by atoms with Crippen molar-refractivity contribution in [1.29, 1.82) is 0 Å². The van der Waals surface area contributed by atoms with E-state index in [0.29, 0.717) is 6.04 Å². The molecule has 4 heteroatoms. The van der Waals surface area contributed by atoms with Gasteiger partial charge in [0.2, 0.25) is 0 Å². The normalized spacial score (nSPS) is 28.9. The minimum absolute atomic E-state index is 0.539. The number of likely N-dealkylation sites (tertiary alicyclic amines) is 2. The van der Waals surface area contributed by atoms with Crippen LogP contribution in [0.3, 0.4) is 0 Å². The number of nitrogens with one attached hydrogen (secondary N) is 1. The minimum Gasteiger partial charge on any atom is -0.383 e. The topological polar surface area (TPSA) is 27.7 Å². The van der Waals surface area contributed by atoms with Crippen LogP contribution in [0.5, 0.6) is 0 Å². The highest BCUT2D eigenvalue weighted by Crippen LogP contribution is 2.21. The van der Waals surface area contributed by atoms with Crippen LogP contribution in [0.4, 0.5) is 0 Å². The van der Waals surface area contributed by atoms with E-state index in [1.807, 2.05) is 7.05 Å². The molecule has 0 saturated carbocycles. The Morgan fingerprint density at radius 1 is 1.29 bits per heavy atom. The maximum atomic E-state index is 5.33. The maximum absolute atomic E-state index is 5.33. The summed E-state index contributed by atoms with van der Waals surface area (Å²) in [6.07, 6.45) is 4.13. The Balaban J connectivity index is 1.81. The molecule has 17 heavy (non-hydrogen) atoms. The number of hydrogen-bond donors (Lipinski definition) is 1. The second-order valence-corrected chi connectivity index (χ2v) is 5.35. The number of rotatable bonds is 6. The molecule has 2 aliphatic rings. The largest absolute Gasteiger partial charge is 0.383 e. The van der Waals surface area contributed by atoms with E-state index in [2.05, 4.69) is 15.1 Å². The summed E-state index contributed by atoms with van der Waals surface area (Å²) < 4.78 is 5.33. The number of hydrogen-bond acceptors (Lipinski definition) is 4. The van der Waals surface area contributed by atoms with Gasteiger partial charge in [-0.05, 0) is 39.4 Å². The summed E-state index contributed by atoms with van der Waals surface area (Å²) in [4.78, 5) is 5.28. The molecule has 1 N–H and O–H groups in total. The summed E-state index contributed by atoms with van der Waals surface area (Å²) in [5.41, 5.74) is 0. The third-order valence-electron chi connectivity index (χ3n) is 4.17. The van der Waals surface area contributed by atoms with E-state index in [-0.39, 0.29) is 0 Å². The van der Waals surface area contributed by atoms with Crippen molar-refractivity contribution >= 4 is 0 Å². The van der Waals surface area contributed by atoms with Gasteiger partial charge < -0.3 is 10.1 Å². The van der Waals surface area contributed by atoms with Gasteiger partial charge in [0.05, 0.1) is 6.61 Å². The monoisotopic (exact) mass is 241 g/mol. The SMILES string of the molecule is CNCC(COC)N1CCC(N2CCCC2)C1. The van der Waals surface area contributed by atoms with Crippen LogP contribution >= 0.6 is 0 Å². The fourth-order valence-corrected chi connectivity index (χ4v) is 3.23. The van der Waals surface area contributed by atoms with Crippen LogP contribution in [-0.2, 0) is 4.74 Å². The molecule has 0 aromatic carbocycles. The van der Waals surface area contributed by atoms with Crippen molar-refractivity contribution in [1.82, 2.24) is 15.1 Å². The molecule has 2 fully saturated rings. The first-order chi connectivity index (χ1) is 8.35. The van der Waals surface area contributed by atoms with Crippen molar-refractivity contribution < 1.29 is 4.74 Å². The Hall–Kier alpha value is -0.160. The Morgan fingerprint density at radius 2 is 2.06 bits per heavy atom. The van der Waals surface area contributed by atoms with Crippen LogP contribution in [0.15, 0.2) is 0 Å². The first-order valence-electron chi connectivity index (χ1n) is 6.96. The predicted octanol–water partition coefficient (Wildman–Crippen LogP) is 0.391. The summed E-state index contributed by atoms with van der Waals surface area (Å²) in [5.74, 6) is 0. The maximum Gasteiger partial charge on any atom is 0.0630 e. The van der Waals surface area contributed by atoms with Gasteiger partial charge in [-0.2, -0.15) is 0 Å². The molecule has 0 spiro atoms. The average molecular weight is 241 g/mol. The summed E-state index contributed by atoms with van der Waals surface area (Å²) in [6.45, 7) is 6.97. The van der Waals surface area contributed by atoms with Gasteiger partial charge in [0.15, 0.2) is 0 Å². The van der Waals surface area contributed by atoms with Gasteiger partial charge in [-0.15, -0.1) is 0 Å². The minimum atomic E-state index is 0.539. The Kier molecular flexibility index (Phi) is 5.22. The Morgan fingerprint density at radius 3 is 2.71 bits per heavy atom. The van der Waals surface area contributed by atoms with Crippen molar-refractivity contribution in [2.45, 2.75) is 31.3 Å². The first kappa shape index (κ1) is 13.3. The standard InChI is InChI=1S/C13H27N3O/c1-14-9-13(11-17-2)16-8-5-12(10-16)15-6-3-4-7-15/h12-14H,3-11H2,1-2H3. The van der Waals surface area contributed by atoms with E-state index in [1.165, 1.54) is 45.4 Å². The lowest BCUT2D eigenvalue weighted by Crippen LogP contribution is -2.45. The molecule has 100 valence electrons. The van der Waals surface area contributed by atoms with Gasteiger partial charge in [0.25, 0.3) is 0 Å². The second-order valence-electron chi connectivity index (χ2n) is 5.35. The molecule has 0 amide bonds. The van der Waals surface area contributed by atoms with E-state index >= 15 is 0 Å². The summed E-state index contributed by atoms with van der Waals surface area (Å²) in [7, 11) is 3.83. The van der Waals surface area contributed by atoms with Crippen molar-refractivity contribution in [2.75, 3.05) is 53.5 Å². The molecule has 2 saturated heterocycles. The van der Waals surface area contributed by atoms with E-state index in [0.717, 1.165) is 19.2 Å². The Bertz CT molecular complexity index is 213. The van der Waals surface area contributed by atoms with Gasteiger partial charge in [-0.3, -0.25) is 9.80 Å². The fourth-order valence-electron chi connectivity index (χ4n) is 3.23. The van der Waals surface area contributed by atoms with E-state index in [9.17, 15) is 0 Å². The number of methoxy groups -OCH3 is 1. The average Bonchev–Trinajstić information content (AvgIpc) is 2.99. The van der Waals surface area contributed by atoms with Crippen LogP contribution in [0, 0.1) is 0 Å². The molecule has 2 unspecified atom stereocenters. The zero-order chi connectivity index (χ0) is 12.1. The van der Waals surface area contributed by atoms with Crippen molar-refractivity contribution in [3.05, 3.63) is 0 Å². The van der Waals surface area contributed by atoms with Gasteiger partial charge in [0, 0.05) is 38.8 Å². The van der Waals surface area contributed by atoms with Crippen molar-refractivity contribution in [2.24, 2.45) is 0 Å². The van der Waals surface area contributed by atoms with E-state index in [4.69, 9.17) is 4.74 Å². The smallest absolute Gasteiger partial charge is 0.0630 e. The van der Waals surface area contributed by atoms with Crippen molar-refractivity contribution in [3.8, 4) is 0 Å². The molecular weight excluding hydrogens is 214 g/mol. The number of nitrogens with zero attached hydrogens (tertiary/aromatic N) is 2. The zero-order valence-electron chi connectivity index (χ0n) is 11.3. The highest BCUT2D eigenvalue weighted by Gasteiger charge is 2.32. The van der Waals surface area contributed by atoms with Crippen LogP contribution in [0.1, 0.15) is 19.3 Å². The molecule has 0 aromatic heterocycles. The van der Waals surface area contributed by atoms with Crippen LogP contribution in [0.2, 0.25) is 0 Å². The van der Waals surface area contributed by atoms with Crippen molar-refractivity contribution in [3.63, 3.8) is 0 Å². The molecule has 4 nitrogen and oxygen atoms in total. The first-order valence-corrected chi connectivity index (χ1v) is 6.96. The molecule has 0 aliphatic carbocycles. The lowest BCUT2D eigenvalue weighted by molar-refractivity contribution is 0.0995. The molecule has 2 aliphatic heterocycles. The van der Waals surface area contributed by atoms with E-state index < -0.39 is 0 Å². The fraction of sp³-hybridized carbons (Fsp3) is 1.00. The number of likely N-dealkylation sites (N-methyl/N-ethyl adjacent to an activating group) is 1. The molecule has 2 heterocycles.